The fourth-order valence-electron chi connectivity index (χ4n) is 2.37. The number of nitrogens with one attached hydrogen (secondary N) is 1. The van der Waals surface area contributed by atoms with Crippen LogP contribution in [0.3, 0.4) is 0 Å². The molecule has 21 heavy (non-hydrogen) atoms. The molecule has 5 heteroatoms. The van der Waals surface area contributed by atoms with Gasteiger partial charge in [0.05, 0.1) is 6.10 Å². The van der Waals surface area contributed by atoms with E-state index in [0.29, 0.717) is 6.54 Å². The smallest absolute Gasteiger partial charge is 0.331 e. The van der Waals surface area contributed by atoms with Gasteiger partial charge in [-0.25, -0.2) is 10.2 Å². The molecule has 0 radical (unpaired) electrons. The van der Waals surface area contributed by atoms with Gasteiger partial charge >= 0.3 is 5.97 Å². The van der Waals surface area contributed by atoms with Crippen LogP contribution in [0.15, 0.2) is 36.6 Å². The number of aliphatic hydroxyl groups is 1. The largest absolute Gasteiger partial charge is 0.478 e. The average molecular weight is 288 g/mol. The molecule has 3 N–H and O–H groups in total. The van der Waals surface area contributed by atoms with E-state index in [1.165, 1.54) is 0 Å². The molecule has 1 aromatic rings. The van der Waals surface area contributed by atoms with Crippen molar-refractivity contribution in [3.05, 3.63) is 53.2 Å². The second-order valence-corrected chi connectivity index (χ2v) is 5.32. The van der Waals surface area contributed by atoms with Gasteiger partial charge in [0.1, 0.15) is 0 Å². The highest BCUT2D eigenvalue weighted by Crippen LogP contribution is 2.30. The molecule has 0 amide bonds. The summed E-state index contributed by atoms with van der Waals surface area (Å²) in [6.07, 6.45) is 1.11. The quantitative estimate of drug-likeness (QED) is 0.721. The third kappa shape index (κ3) is 3.51. The predicted molar refractivity (Wildman–Crippen MR) is 81.3 cm³/mol. The molecule has 0 bridgehead atoms. The minimum Gasteiger partial charge on any atom is -0.478 e. The Hall–Kier alpha value is -2.11. The van der Waals surface area contributed by atoms with Crippen LogP contribution >= 0.6 is 0 Å². The molecule has 1 aliphatic rings. The van der Waals surface area contributed by atoms with E-state index in [0.717, 1.165) is 22.3 Å². The van der Waals surface area contributed by atoms with Crippen LogP contribution in [-0.4, -0.2) is 34.8 Å². The SMILES string of the molecule is C=C(C[C@H](O)c1ccc(C)cc1C1=CN(C)NC1)C(=O)O. The van der Waals surface area contributed by atoms with Crippen LogP contribution in [0.1, 0.15) is 29.2 Å². The van der Waals surface area contributed by atoms with E-state index in [2.05, 4.69) is 12.0 Å². The zero-order valence-electron chi connectivity index (χ0n) is 12.3. The van der Waals surface area contributed by atoms with Gasteiger partial charge in [-0.05, 0) is 23.6 Å². The maximum Gasteiger partial charge on any atom is 0.331 e. The van der Waals surface area contributed by atoms with Crippen LogP contribution < -0.4 is 5.43 Å². The molecule has 1 atom stereocenters. The predicted octanol–water partition coefficient (Wildman–Crippen LogP) is 1.85. The summed E-state index contributed by atoms with van der Waals surface area (Å²) in [4.78, 5) is 10.9. The highest BCUT2D eigenvalue weighted by Gasteiger charge is 2.20. The van der Waals surface area contributed by atoms with E-state index >= 15 is 0 Å². The van der Waals surface area contributed by atoms with Crippen LogP contribution in [0, 0.1) is 6.92 Å². The van der Waals surface area contributed by atoms with Crippen molar-refractivity contribution in [1.29, 1.82) is 0 Å². The molecule has 1 aliphatic heterocycles. The van der Waals surface area contributed by atoms with Gasteiger partial charge in [0.2, 0.25) is 0 Å². The Labute approximate surface area is 124 Å². The maximum atomic E-state index is 10.9. The number of hydrazine groups is 1. The van der Waals surface area contributed by atoms with Gasteiger partial charge in [-0.15, -0.1) is 0 Å². The van der Waals surface area contributed by atoms with Crippen molar-refractivity contribution in [1.82, 2.24) is 10.4 Å². The summed E-state index contributed by atoms with van der Waals surface area (Å²) in [5, 5.41) is 21.1. The van der Waals surface area contributed by atoms with Crippen molar-refractivity contribution in [2.45, 2.75) is 19.4 Å². The Morgan fingerprint density at radius 3 is 2.81 bits per heavy atom. The fraction of sp³-hybridized carbons (Fsp3) is 0.312. The molecule has 0 saturated heterocycles. The lowest BCUT2D eigenvalue weighted by atomic mass is 9.92. The first-order valence-corrected chi connectivity index (χ1v) is 6.75. The van der Waals surface area contributed by atoms with Gasteiger partial charge in [-0.1, -0.05) is 30.3 Å². The molecule has 5 nitrogen and oxygen atoms in total. The van der Waals surface area contributed by atoms with Crippen LogP contribution in [0.25, 0.3) is 5.57 Å². The average Bonchev–Trinajstić information content (AvgIpc) is 2.84. The number of aliphatic carboxylic acids is 1. The molecule has 112 valence electrons. The zero-order chi connectivity index (χ0) is 15.6. The van der Waals surface area contributed by atoms with E-state index in [-0.39, 0.29) is 12.0 Å². The highest BCUT2D eigenvalue weighted by molar-refractivity contribution is 5.85. The van der Waals surface area contributed by atoms with Crippen molar-refractivity contribution in [2.24, 2.45) is 0 Å². The van der Waals surface area contributed by atoms with Gasteiger partial charge in [0.15, 0.2) is 0 Å². The summed E-state index contributed by atoms with van der Waals surface area (Å²) in [6.45, 7) is 6.15. The molecular weight excluding hydrogens is 268 g/mol. The minimum absolute atomic E-state index is 0.00432. The Morgan fingerprint density at radius 1 is 1.52 bits per heavy atom. The van der Waals surface area contributed by atoms with E-state index in [1.807, 2.05) is 43.4 Å². The van der Waals surface area contributed by atoms with Crippen LogP contribution in [0.4, 0.5) is 0 Å². The Kier molecular flexibility index (Phi) is 4.45. The molecule has 0 fully saturated rings. The Morgan fingerprint density at radius 2 is 2.24 bits per heavy atom. The van der Waals surface area contributed by atoms with Gasteiger partial charge in [-0.3, -0.25) is 0 Å². The molecule has 0 aromatic heterocycles. The molecular formula is C16H20N2O3. The second kappa shape index (κ2) is 6.11. The van der Waals surface area contributed by atoms with Crippen molar-refractivity contribution >= 4 is 11.5 Å². The summed E-state index contributed by atoms with van der Waals surface area (Å²) in [5.41, 5.74) is 6.99. The molecule has 0 aliphatic carbocycles. The van der Waals surface area contributed by atoms with E-state index < -0.39 is 12.1 Å². The lowest BCUT2D eigenvalue weighted by Crippen LogP contribution is -2.23. The summed E-state index contributed by atoms with van der Waals surface area (Å²) in [6, 6.07) is 5.77. The van der Waals surface area contributed by atoms with Gasteiger partial charge in [0.25, 0.3) is 0 Å². The summed E-state index contributed by atoms with van der Waals surface area (Å²) >= 11 is 0. The Bertz CT molecular complexity index is 608. The summed E-state index contributed by atoms with van der Waals surface area (Å²) in [5.74, 6) is -1.08. The first-order valence-electron chi connectivity index (χ1n) is 6.75. The number of aryl methyl sites for hydroxylation is 1. The topological polar surface area (TPSA) is 72.8 Å². The maximum absolute atomic E-state index is 10.9. The van der Waals surface area contributed by atoms with Crippen molar-refractivity contribution < 1.29 is 15.0 Å². The van der Waals surface area contributed by atoms with Crippen LogP contribution in [0.5, 0.6) is 0 Å². The second-order valence-electron chi connectivity index (χ2n) is 5.32. The number of hydrogen-bond acceptors (Lipinski definition) is 4. The number of carbonyl (C=O) groups is 1. The van der Waals surface area contributed by atoms with Gasteiger partial charge in [0, 0.05) is 31.8 Å². The van der Waals surface area contributed by atoms with Crippen LogP contribution in [0.2, 0.25) is 0 Å². The molecule has 0 saturated carbocycles. The fourth-order valence-corrected chi connectivity index (χ4v) is 2.37. The number of carboxylic acid groups (broad SMARTS) is 1. The number of aliphatic hydroxyl groups excluding tert-OH is 1. The van der Waals surface area contributed by atoms with Crippen molar-refractivity contribution in [3.8, 4) is 0 Å². The number of nitrogens with zero attached hydrogens (tertiary/aromatic N) is 1. The number of hydrogen-bond donors (Lipinski definition) is 3. The minimum atomic E-state index is -1.08. The molecule has 1 aromatic carbocycles. The third-order valence-corrected chi connectivity index (χ3v) is 3.52. The molecule has 0 unspecified atom stereocenters. The zero-order valence-corrected chi connectivity index (χ0v) is 12.3. The number of carboxylic acids is 1. The van der Waals surface area contributed by atoms with E-state index in [9.17, 15) is 9.90 Å². The van der Waals surface area contributed by atoms with E-state index in [4.69, 9.17) is 5.11 Å². The summed E-state index contributed by atoms with van der Waals surface area (Å²) in [7, 11) is 1.91. The Balaban J connectivity index is 2.33. The first-order chi connectivity index (χ1) is 9.88. The lowest BCUT2D eigenvalue weighted by Gasteiger charge is -2.17. The standard InChI is InChI=1S/C16H20N2O3/c1-10-4-5-13(15(19)7-11(2)16(20)21)14(6-10)12-8-17-18(3)9-12/h4-6,9,15,17,19H,2,7-8H2,1,3H3,(H,20,21)/t15-/m0/s1. The third-order valence-electron chi connectivity index (χ3n) is 3.52. The molecule has 0 spiro atoms. The van der Waals surface area contributed by atoms with Gasteiger partial charge < -0.3 is 15.2 Å². The van der Waals surface area contributed by atoms with Crippen molar-refractivity contribution in [3.63, 3.8) is 0 Å². The van der Waals surface area contributed by atoms with Gasteiger partial charge in [-0.2, -0.15) is 0 Å². The molecule has 1 heterocycles. The number of rotatable bonds is 5. The van der Waals surface area contributed by atoms with Crippen molar-refractivity contribution in [2.75, 3.05) is 13.6 Å². The molecule has 2 rings (SSSR count). The van der Waals surface area contributed by atoms with Crippen LogP contribution in [-0.2, 0) is 4.79 Å². The number of benzene rings is 1. The normalized spacial score (nSPS) is 15.8. The van der Waals surface area contributed by atoms with E-state index in [1.54, 1.807) is 0 Å². The summed E-state index contributed by atoms with van der Waals surface area (Å²) < 4.78 is 0. The monoisotopic (exact) mass is 288 g/mol. The first kappa shape index (κ1) is 15.3. The lowest BCUT2D eigenvalue weighted by molar-refractivity contribution is -0.133. The highest BCUT2D eigenvalue weighted by atomic mass is 16.4.